The first-order valence-electron chi connectivity index (χ1n) is 7.67. The molecule has 19 heavy (non-hydrogen) atoms. The highest BCUT2D eigenvalue weighted by molar-refractivity contribution is 5.85. The van der Waals surface area contributed by atoms with Crippen LogP contribution in [0.3, 0.4) is 0 Å². The standard InChI is InChI=1S/C15H28N2O.ClH/c1-12(2)11-17(14-5-3-4-6-14)15(18)10-16-9-13-7-8-13;/h12-14,16H,3-11H2,1-2H3;1H. The van der Waals surface area contributed by atoms with Crippen LogP contribution in [0.15, 0.2) is 0 Å². The van der Waals surface area contributed by atoms with Crippen molar-refractivity contribution in [2.24, 2.45) is 11.8 Å². The minimum Gasteiger partial charge on any atom is -0.338 e. The molecule has 0 aliphatic heterocycles. The van der Waals surface area contributed by atoms with Gasteiger partial charge in [-0.15, -0.1) is 12.4 Å². The molecule has 0 unspecified atom stereocenters. The van der Waals surface area contributed by atoms with Gasteiger partial charge in [0.2, 0.25) is 5.91 Å². The highest BCUT2D eigenvalue weighted by atomic mass is 35.5. The maximum Gasteiger partial charge on any atom is 0.236 e. The lowest BCUT2D eigenvalue weighted by Gasteiger charge is -2.30. The number of carbonyl (C=O) groups is 1. The van der Waals surface area contributed by atoms with E-state index in [1.165, 1.54) is 38.5 Å². The number of nitrogens with zero attached hydrogens (tertiary/aromatic N) is 1. The minimum atomic E-state index is 0. The average molecular weight is 289 g/mol. The highest BCUT2D eigenvalue weighted by Gasteiger charge is 2.27. The Kier molecular flexibility index (Phi) is 7.16. The number of rotatable bonds is 7. The molecule has 2 aliphatic rings. The minimum absolute atomic E-state index is 0. The normalized spacial score (nSPS) is 19.5. The number of nitrogens with one attached hydrogen (secondary N) is 1. The Hall–Kier alpha value is -0.280. The quantitative estimate of drug-likeness (QED) is 0.781. The van der Waals surface area contributed by atoms with E-state index < -0.39 is 0 Å². The maximum absolute atomic E-state index is 12.3. The van der Waals surface area contributed by atoms with Crippen molar-refractivity contribution in [3.63, 3.8) is 0 Å². The van der Waals surface area contributed by atoms with Crippen LogP contribution in [0, 0.1) is 11.8 Å². The van der Waals surface area contributed by atoms with Gasteiger partial charge in [-0.2, -0.15) is 0 Å². The highest BCUT2D eigenvalue weighted by Crippen LogP contribution is 2.27. The summed E-state index contributed by atoms with van der Waals surface area (Å²) in [6.45, 7) is 6.90. The summed E-state index contributed by atoms with van der Waals surface area (Å²) in [5, 5.41) is 3.33. The molecule has 0 heterocycles. The molecule has 0 radical (unpaired) electrons. The molecule has 2 fully saturated rings. The van der Waals surface area contributed by atoms with E-state index in [0.717, 1.165) is 19.0 Å². The van der Waals surface area contributed by atoms with Gasteiger partial charge >= 0.3 is 0 Å². The van der Waals surface area contributed by atoms with E-state index in [9.17, 15) is 4.79 Å². The van der Waals surface area contributed by atoms with Gasteiger partial charge in [-0.1, -0.05) is 26.7 Å². The Bertz CT molecular complexity index is 273. The predicted octanol–water partition coefficient (Wildman–Crippen LogP) is 2.84. The van der Waals surface area contributed by atoms with Crippen LogP contribution in [0.1, 0.15) is 52.4 Å². The van der Waals surface area contributed by atoms with Gasteiger partial charge in [0.15, 0.2) is 0 Å². The molecule has 1 N–H and O–H groups in total. The van der Waals surface area contributed by atoms with Crippen LogP contribution < -0.4 is 5.32 Å². The van der Waals surface area contributed by atoms with E-state index in [4.69, 9.17) is 0 Å². The summed E-state index contributed by atoms with van der Waals surface area (Å²) in [4.78, 5) is 14.5. The second-order valence-electron chi connectivity index (χ2n) is 6.45. The largest absolute Gasteiger partial charge is 0.338 e. The molecule has 2 saturated carbocycles. The first-order valence-corrected chi connectivity index (χ1v) is 7.67. The van der Waals surface area contributed by atoms with Crippen molar-refractivity contribution >= 4 is 18.3 Å². The second-order valence-corrected chi connectivity index (χ2v) is 6.45. The zero-order valence-corrected chi connectivity index (χ0v) is 13.2. The molecular formula is C15H29ClN2O. The average Bonchev–Trinajstić information content (AvgIpc) is 2.98. The molecule has 1 amide bonds. The summed E-state index contributed by atoms with van der Waals surface area (Å²) >= 11 is 0. The number of hydrogen-bond donors (Lipinski definition) is 1. The lowest BCUT2D eigenvalue weighted by molar-refractivity contribution is -0.133. The molecule has 0 aromatic heterocycles. The van der Waals surface area contributed by atoms with Crippen LogP contribution in [0.2, 0.25) is 0 Å². The van der Waals surface area contributed by atoms with Crippen LogP contribution in [0.5, 0.6) is 0 Å². The third kappa shape index (κ3) is 5.70. The number of amides is 1. The van der Waals surface area contributed by atoms with Gasteiger partial charge in [-0.25, -0.2) is 0 Å². The van der Waals surface area contributed by atoms with Gasteiger partial charge in [-0.3, -0.25) is 4.79 Å². The van der Waals surface area contributed by atoms with E-state index in [1.807, 2.05) is 0 Å². The number of hydrogen-bond acceptors (Lipinski definition) is 2. The lowest BCUT2D eigenvalue weighted by atomic mass is 10.1. The van der Waals surface area contributed by atoms with E-state index in [0.29, 0.717) is 24.4 Å². The SMILES string of the molecule is CC(C)CN(C(=O)CNCC1CC1)C1CCCC1.Cl. The summed E-state index contributed by atoms with van der Waals surface area (Å²) in [6.07, 6.45) is 7.70. The van der Waals surface area contributed by atoms with E-state index in [2.05, 4.69) is 24.1 Å². The molecule has 4 heteroatoms. The van der Waals surface area contributed by atoms with Crippen molar-refractivity contribution in [2.75, 3.05) is 19.6 Å². The third-order valence-corrected chi connectivity index (χ3v) is 4.05. The Morgan fingerprint density at radius 3 is 2.37 bits per heavy atom. The Morgan fingerprint density at radius 1 is 1.21 bits per heavy atom. The topological polar surface area (TPSA) is 32.3 Å². The molecule has 0 bridgehead atoms. The first kappa shape index (κ1) is 16.8. The van der Waals surface area contributed by atoms with Crippen LogP contribution in [0.25, 0.3) is 0 Å². The van der Waals surface area contributed by atoms with Crippen molar-refractivity contribution in [2.45, 2.75) is 58.4 Å². The van der Waals surface area contributed by atoms with E-state index in [-0.39, 0.29) is 12.4 Å². The fraction of sp³-hybridized carbons (Fsp3) is 0.933. The summed E-state index contributed by atoms with van der Waals surface area (Å²) in [5.74, 6) is 1.73. The molecular weight excluding hydrogens is 260 g/mol. The van der Waals surface area contributed by atoms with Crippen molar-refractivity contribution in [3.8, 4) is 0 Å². The summed E-state index contributed by atoms with van der Waals surface area (Å²) in [7, 11) is 0. The van der Waals surface area contributed by atoms with Gasteiger partial charge in [0, 0.05) is 12.6 Å². The van der Waals surface area contributed by atoms with Gasteiger partial charge in [-0.05, 0) is 44.1 Å². The molecule has 0 aromatic carbocycles. The van der Waals surface area contributed by atoms with Crippen molar-refractivity contribution in [3.05, 3.63) is 0 Å². The van der Waals surface area contributed by atoms with Gasteiger partial charge in [0.1, 0.15) is 0 Å². The molecule has 0 saturated heterocycles. The van der Waals surface area contributed by atoms with Crippen LogP contribution in [-0.2, 0) is 4.79 Å². The monoisotopic (exact) mass is 288 g/mol. The number of halogens is 1. The predicted molar refractivity (Wildman–Crippen MR) is 81.6 cm³/mol. The molecule has 0 atom stereocenters. The van der Waals surface area contributed by atoms with Gasteiger partial charge in [0.25, 0.3) is 0 Å². The van der Waals surface area contributed by atoms with Crippen molar-refractivity contribution in [1.29, 1.82) is 0 Å². The lowest BCUT2D eigenvalue weighted by Crippen LogP contribution is -2.45. The van der Waals surface area contributed by atoms with E-state index >= 15 is 0 Å². The van der Waals surface area contributed by atoms with Gasteiger partial charge in [0.05, 0.1) is 6.54 Å². The molecule has 0 aromatic rings. The zero-order valence-electron chi connectivity index (χ0n) is 12.4. The maximum atomic E-state index is 12.3. The first-order chi connectivity index (χ1) is 8.66. The number of carbonyl (C=O) groups excluding carboxylic acids is 1. The van der Waals surface area contributed by atoms with Crippen molar-refractivity contribution < 1.29 is 4.79 Å². The third-order valence-electron chi connectivity index (χ3n) is 4.05. The Balaban J connectivity index is 0.00000180. The van der Waals surface area contributed by atoms with Crippen molar-refractivity contribution in [1.82, 2.24) is 10.2 Å². The fourth-order valence-electron chi connectivity index (χ4n) is 2.87. The summed E-state index contributed by atoms with van der Waals surface area (Å²) < 4.78 is 0. The fourth-order valence-corrected chi connectivity index (χ4v) is 2.87. The second kappa shape index (κ2) is 8.11. The molecule has 2 aliphatic carbocycles. The molecule has 0 spiro atoms. The van der Waals surface area contributed by atoms with Crippen LogP contribution in [0.4, 0.5) is 0 Å². The van der Waals surface area contributed by atoms with Crippen LogP contribution >= 0.6 is 12.4 Å². The summed E-state index contributed by atoms with van der Waals surface area (Å²) in [6, 6.07) is 0.516. The Labute approximate surface area is 123 Å². The summed E-state index contributed by atoms with van der Waals surface area (Å²) in [5.41, 5.74) is 0. The Morgan fingerprint density at radius 2 is 1.84 bits per heavy atom. The smallest absolute Gasteiger partial charge is 0.236 e. The molecule has 2 rings (SSSR count). The molecule has 3 nitrogen and oxygen atoms in total. The zero-order chi connectivity index (χ0) is 13.0. The van der Waals surface area contributed by atoms with Gasteiger partial charge < -0.3 is 10.2 Å². The van der Waals surface area contributed by atoms with E-state index in [1.54, 1.807) is 0 Å². The van der Waals surface area contributed by atoms with Crippen LogP contribution in [-0.4, -0.2) is 36.5 Å². The molecule has 112 valence electrons.